The second kappa shape index (κ2) is 3.82. The van der Waals surface area contributed by atoms with Crippen molar-refractivity contribution in [2.45, 2.75) is 38.5 Å². The van der Waals surface area contributed by atoms with Gasteiger partial charge in [0.05, 0.1) is 11.0 Å². The van der Waals surface area contributed by atoms with Crippen LogP contribution in [0, 0.1) is 0 Å². The Balaban J connectivity index is 2.22. The lowest BCUT2D eigenvalue weighted by Gasteiger charge is -2.09. The number of fused-ring (bicyclic) bond motifs is 1. The smallest absolute Gasteiger partial charge is 0.138 e. The molecule has 3 rings (SSSR count). The molecule has 1 atom stereocenters. The molecule has 2 aromatic rings. The van der Waals surface area contributed by atoms with Crippen LogP contribution in [0.3, 0.4) is 0 Å². The molecule has 1 aromatic carbocycles. The minimum Gasteiger partial charge on any atom is -0.385 e. The third-order valence-electron chi connectivity index (χ3n) is 3.30. The van der Waals surface area contributed by atoms with Crippen LogP contribution < -0.4 is 5.73 Å². The van der Waals surface area contributed by atoms with Crippen molar-refractivity contribution in [1.82, 2.24) is 9.55 Å². The summed E-state index contributed by atoms with van der Waals surface area (Å²) >= 11 is 0. The van der Waals surface area contributed by atoms with Crippen LogP contribution in [0.1, 0.15) is 43.3 Å². The SMILES string of the molecule is CC(O)c1nc2cc(CN)ccc2n1C1CC1. The molecule has 0 aliphatic heterocycles. The monoisotopic (exact) mass is 231 g/mol. The molecule has 4 heteroatoms. The van der Waals surface area contributed by atoms with Gasteiger partial charge in [-0.25, -0.2) is 4.98 Å². The zero-order valence-corrected chi connectivity index (χ0v) is 9.93. The van der Waals surface area contributed by atoms with E-state index in [0.717, 1.165) is 22.4 Å². The van der Waals surface area contributed by atoms with E-state index in [0.29, 0.717) is 12.6 Å². The Morgan fingerprint density at radius 2 is 2.29 bits per heavy atom. The van der Waals surface area contributed by atoms with E-state index in [1.54, 1.807) is 6.92 Å². The van der Waals surface area contributed by atoms with Crippen LogP contribution in [0.5, 0.6) is 0 Å². The fourth-order valence-corrected chi connectivity index (χ4v) is 2.30. The number of nitrogens with two attached hydrogens (primary N) is 1. The van der Waals surface area contributed by atoms with Crippen molar-refractivity contribution in [3.8, 4) is 0 Å². The van der Waals surface area contributed by atoms with Gasteiger partial charge < -0.3 is 15.4 Å². The number of benzene rings is 1. The Labute approximate surface area is 100 Å². The zero-order valence-electron chi connectivity index (χ0n) is 9.93. The largest absolute Gasteiger partial charge is 0.385 e. The standard InChI is InChI=1S/C13H17N3O/c1-8(17)13-15-11-6-9(7-14)2-5-12(11)16(13)10-3-4-10/h2,5-6,8,10,17H,3-4,7,14H2,1H3. The van der Waals surface area contributed by atoms with Gasteiger partial charge in [-0.15, -0.1) is 0 Å². The highest BCUT2D eigenvalue weighted by Crippen LogP contribution is 2.39. The average molecular weight is 231 g/mol. The molecule has 0 saturated heterocycles. The maximum atomic E-state index is 9.80. The summed E-state index contributed by atoms with van der Waals surface area (Å²) in [6.07, 6.45) is 1.84. The van der Waals surface area contributed by atoms with Gasteiger partial charge in [-0.3, -0.25) is 0 Å². The first-order valence-electron chi connectivity index (χ1n) is 6.09. The number of hydrogen-bond acceptors (Lipinski definition) is 3. The van der Waals surface area contributed by atoms with Crippen molar-refractivity contribution in [1.29, 1.82) is 0 Å². The molecule has 90 valence electrons. The molecule has 1 aliphatic carbocycles. The number of aliphatic hydroxyl groups excluding tert-OH is 1. The van der Waals surface area contributed by atoms with Gasteiger partial charge in [-0.05, 0) is 37.5 Å². The normalized spacial score (nSPS) is 17.6. The second-order valence-electron chi connectivity index (χ2n) is 4.77. The van der Waals surface area contributed by atoms with Crippen molar-refractivity contribution < 1.29 is 5.11 Å². The van der Waals surface area contributed by atoms with Gasteiger partial charge in [-0.1, -0.05) is 6.07 Å². The number of nitrogens with zero attached hydrogens (tertiary/aromatic N) is 2. The highest BCUT2D eigenvalue weighted by molar-refractivity contribution is 5.77. The van der Waals surface area contributed by atoms with E-state index in [1.165, 1.54) is 12.8 Å². The van der Waals surface area contributed by atoms with Gasteiger partial charge in [0.15, 0.2) is 0 Å². The summed E-state index contributed by atoms with van der Waals surface area (Å²) in [4.78, 5) is 4.54. The summed E-state index contributed by atoms with van der Waals surface area (Å²) in [6.45, 7) is 2.29. The molecule has 1 aliphatic rings. The maximum Gasteiger partial charge on any atom is 0.138 e. The molecule has 4 nitrogen and oxygen atoms in total. The Morgan fingerprint density at radius 3 is 2.88 bits per heavy atom. The van der Waals surface area contributed by atoms with Crippen molar-refractivity contribution in [2.24, 2.45) is 5.73 Å². The summed E-state index contributed by atoms with van der Waals surface area (Å²) in [5.74, 6) is 0.775. The topological polar surface area (TPSA) is 64.1 Å². The van der Waals surface area contributed by atoms with Crippen LogP contribution in [-0.4, -0.2) is 14.7 Å². The van der Waals surface area contributed by atoms with E-state index < -0.39 is 6.10 Å². The first-order valence-corrected chi connectivity index (χ1v) is 6.09. The molecule has 0 amide bonds. The molecule has 0 spiro atoms. The number of rotatable bonds is 3. The summed E-state index contributed by atoms with van der Waals surface area (Å²) in [5.41, 5.74) is 8.76. The van der Waals surface area contributed by atoms with Crippen molar-refractivity contribution in [3.05, 3.63) is 29.6 Å². The predicted octanol–water partition coefficient (Wildman–Crippen LogP) is 1.88. The molecule has 0 bridgehead atoms. The van der Waals surface area contributed by atoms with Crippen molar-refractivity contribution in [3.63, 3.8) is 0 Å². The molecule has 3 N–H and O–H groups in total. The van der Waals surface area contributed by atoms with Crippen LogP contribution in [-0.2, 0) is 6.54 Å². The predicted molar refractivity (Wildman–Crippen MR) is 66.5 cm³/mol. The molecule has 0 radical (unpaired) electrons. The highest BCUT2D eigenvalue weighted by Gasteiger charge is 2.29. The summed E-state index contributed by atoms with van der Waals surface area (Å²) < 4.78 is 2.18. The van der Waals surface area contributed by atoms with E-state index in [2.05, 4.69) is 15.6 Å². The first kappa shape index (κ1) is 10.7. The van der Waals surface area contributed by atoms with Crippen LogP contribution in [0.2, 0.25) is 0 Å². The van der Waals surface area contributed by atoms with E-state index in [1.807, 2.05) is 12.1 Å². The summed E-state index contributed by atoms with van der Waals surface area (Å²) in [6, 6.07) is 6.64. The van der Waals surface area contributed by atoms with E-state index in [-0.39, 0.29) is 0 Å². The quantitative estimate of drug-likeness (QED) is 0.847. The number of aromatic nitrogens is 2. The lowest BCUT2D eigenvalue weighted by Crippen LogP contribution is -2.04. The molecular weight excluding hydrogens is 214 g/mol. The van der Waals surface area contributed by atoms with E-state index in [9.17, 15) is 5.11 Å². The number of hydrogen-bond donors (Lipinski definition) is 2. The van der Waals surface area contributed by atoms with Crippen LogP contribution in [0.15, 0.2) is 18.2 Å². The van der Waals surface area contributed by atoms with Gasteiger partial charge in [0.1, 0.15) is 11.9 Å². The fraction of sp³-hybridized carbons (Fsp3) is 0.462. The highest BCUT2D eigenvalue weighted by atomic mass is 16.3. The Hall–Kier alpha value is -1.39. The lowest BCUT2D eigenvalue weighted by molar-refractivity contribution is 0.184. The molecule has 1 saturated carbocycles. The third kappa shape index (κ3) is 1.73. The Kier molecular flexibility index (Phi) is 2.42. The van der Waals surface area contributed by atoms with Gasteiger partial charge >= 0.3 is 0 Å². The first-order chi connectivity index (χ1) is 8.20. The van der Waals surface area contributed by atoms with E-state index >= 15 is 0 Å². The molecular formula is C13H17N3O. The molecule has 1 aromatic heterocycles. The molecule has 1 heterocycles. The van der Waals surface area contributed by atoms with Gasteiger partial charge in [0, 0.05) is 12.6 Å². The number of imidazole rings is 1. The summed E-state index contributed by atoms with van der Waals surface area (Å²) in [5, 5.41) is 9.80. The minimum atomic E-state index is -0.524. The molecule has 1 unspecified atom stereocenters. The number of aliphatic hydroxyl groups is 1. The van der Waals surface area contributed by atoms with E-state index in [4.69, 9.17) is 5.73 Å². The summed E-state index contributed by atoms with van der Waals surface area (Å²) in [7, 11) is 0. The average Bonchev–Trinajstić information content (AvgIpc) is 3.08. The Bertz CT molecular complexity index is 555. The van der Waals surface area contributed by atoms with Crippen molar-refractivity contribution >= 4 is 11.0 Å². The third-order valence-corrected chi connectivity index (χ3v) is 3.30. The molecule has 17 heavy (non-hydrogen) atoms. The lowest BCUT2D eigenvalue weighted by atomic mass is 10.2. The van der Waals surface area contributed by atoms with Crippen LogP contribution in [0.25, 0.3) is 11.0 Å². The second-order valence-corrected chi connectivity index (χ2v) is 4.77. The van der Waals surface area contributed by atoms with Crippen molar-refractivity contribution in [2.75, 3.05) is 0 Å². The fourth-order valence-electron chi connectivity index (χ4n) is 2.30. The van der Waals surface area contributed by atoms with Gasteiger partial charge in [0.2, 0.25) is 0 Å². The molecule has 1 fully saturated rings. The van der Waals surface area contributed by atoms with Gasteiger partial charge in [-0.2, -0.15) is 0 Å². The Morgan fingerprint density at radius 1 is 1.53 bits per heavy atom. The maximum absolute atomic E-state index is 9.80. The van der Waals surface area contributed by atoms with Crippen LogP contribution in [0.4, 0.5) is 0 Å². The van der Waals surface area contributed by atoms with Crippen LogP contribution >= 0.6 is 0 Å². The minimum absolute atomic E-state index is 0.522. The van der Waals surface area contributed by atoms with Gasteiger partial charge in [0.25, 0.3) is 0 Å². The zero-order chi connectivity index (χ0) is 12.0.